The van der Waals surface area contributed by atoms with Crippen molar-refractivity contribution < 1.29 is 9.18 Å². The molecule has 0 atom stereocenters. The molecule has 1 fully saturated rings. The van der Waals surface area contributed by atoms with Gasteiger partial charge >= 0.3 is 0 Å². The van der Waals surface area contributed by atoms with Gasteiger partial charge in [0.2, 0.25) is 5.91 Å². The van der Waals surface area contributed by atoms with Gasteiger partial charge in [0.1, 0.15) is 5.82 Å². The number of nitrogens with one attached hydrogen (secondary N) is 2. The molecule has 4 heteroatoms. The molecule has 0 unspecified atom stereocenters. The van der Waals surface area contributed by atoms with E-state index in [9.17, 15) is 9.18 Å². The standard InChI is InChI=1S/C13H17FN2O/c14-12-4-2-1-3-10(12)9-13(17)16-11-5-7-15-8-6-11/h1-4,11,15H,5-9H2,(H,16,17). The molecule has 17 heavy (non-hydrogen) atoms. The molecule has 1 heterocycles. The number of hydrogen-bond acceptors (Lipinski definition) is 2. The first-order valence-corrected chi connectivity index (χ1v) is 5.99. The zero-order valence-corrected chi connectivity index (χ0v) is 9.71. The van der Waals surface area contributed by atoms with Crippen molar-refractivity contribution in [2.24, 2.45) is 0 Å². The summed E-state index contributed by atoms with van der Waals surface area (Å²) in [6.07, 6.45) is 2.02. The van der Waals surface area contributed by atoms with Gasteiger partial charge in [-0.3, -0.25) is 4.79 Å². The number of amides is 1. The fourth-order valence-electron chi connectivity index (χ4n) is 2.06. The van der Waals surface area contributed by atoms with Crippen LogP contribution in [0.1, 0.15) is 18.4 Å². The van der Waals surface area contributed by atoms with Crippen molar-refractivity contribution in [2.45, 2.75) is 25.3 Å². The highest BCUT2D eigenvalue weighted by atomic mass is 19.1. The highest BCUT2D eigenvalue weighted by Crippen LogP contribution is 2.08. The van der Waals surface area contributed by atoms with Crippen LogP contribution in [0.15, 0.2) is 24.3 Å². The Morgan fingerprint density at radius 1 is 1.35 bits per heavy atom. The third kappa shape index (κ3) is 3.53. The van der Waals surface area contributed by atoms with E-state index in [4.69, 9.17) is 0 Å². The van der Waals surface area contributed by atoms with Crippen LogP contribution in [-0.4, -0.2) is 25.0 Å². The van der Waals surface area contributed by atoms with Crippen LogP contribution in [0.25, 0.3) is 0 Å². The van der Waals surface area contributed by atoms with E-state index in [-0.39, 0.29) is 24.2 Å². The Bertz CT molecular complexity index is 389. The molecular weight excluding hydrogens is 219 g/mol. The van der Waals surface area contributed by atoms with E-state index in [2.05, 4.69) is 10.6 Å². The molecule has 1 aromatic carbocycles. The average Bonchev–Trinajstić information content (AvgIpc) is 2.33. The average molecular weight is 236 g/mol. The maximum atomic E-state index is 13.3. The summed E-state index contributed by atoms with van der Waals surface area (Å²) in [4.78, 5) is 11.7. The lowest BCUT2D eigenvalue weighted by Crippen LogP contribution is -2.43. The summed E-state index contributed by atoms with van der Waals surface area (Å²) in [7, 11) is 0. The molecule has 0 spiro atoms. The van der Waals surface area contributed by atoms with Crippen LogP contribution in [0.2, 0.25) is 0 Å². The van der Waals surface area contributed by atoms with Gasteiger partial charge in [-0.1, -0.05) is 18.2 Å². The second kappa shape index (κ2) is 5.77. The summed E-state index contributed by atoms with van der Waals surface area (Å²) in [6, 6.07) is 6.64. The summed E-state index contributed by atoms with van der Waals surface area (Å²) < 4.78 is 13.3. The Balaban J connectivity index is 1.86. The molecule has 1 amide bonds. The molecule has 0 aromatic heterocycles. The van der Waals surface area contributed by atoms with Gasteiger partial charge in [-0.25, -0.2) is 4.39 Å². The van der Waals surface area contributed by atoms with Crippen molar-refractivity contribution in [3.05, 3.63) is 35.6 Å². The Morgan fingerprint density at radius 2 is 2.06 bits per heavy atom. The molecule has 0 aliphatic carbocycles. The van der Waals surface area contributed by atoms with Crippen molar-refractivity contribution in [3.63, 3.8) is 0 Å². The molecule has 92 valence electrons. The van der Waals surface area contributed by atoms with Crippen molar-refractivity contribution in [1.82, 2.24) is 10.6 Å². The van der Waals surface area contributed by atoms with E-state index < -0.39 is 0 Å². The molecule has 1 aliphatic rings. The molecule has 0 bridgehead atoms. The van der Waals surface area contributed by atoms with Crippen LogP contribution in [-0.2, 0) is 11.2 Å². The highest BCUT2D eigenvalue weighted by Gasteiger charge is 2.16. The highest BCUT2D eigenvalue weighted by molar-refractivity contribution is 5.78. The fourth-order valence-corrected chi connectivity index (χ4v) is 2.06. The number of piperidine rings is 1. The number of carbonyl (C=O) groups excluding carboxylic acids is 1. The molecule has 3 nitrogen and oxygen atoms in total. The quantitative estimate of drug-likeness (QED) is 0.829. The zero-order chi connectivity index (χ0) is 12.1. The lowest BCUT2D eigenvalue weighted by atomic mass is 10.1. The van der Waals surface area contributed by atoms with E-state index in [1.165, 1.54) is 6.07 Å². The van der Waals surface area contributed by atoms with Gasteiger partial charge in [-0.2, -0.15) is 0 Å². The molecule has 2 N–H and O–H groups in total. The number of hydrogen-bond donors (Lipinski definition) is 2. The van der Waals surface area contributed by atoms with Gasteiger partial charge in [-0.15, -0.1) is 0 Å². The van der Waals surface area contributed by atoms with E-state index >= 15 is 0 Å². The summed E-state index contributed by atoms with van der Waals surface area (Å²) in [5.41, 5.74) is 0.457. The van der Waals surface area contributed by atoms with Crippen molar-refractivity contribution >= 4 is 5.91 Å². The number of rotatable bonds is 3. The van der Waals surface area contributed by atoms with Crippen molar-refractivity contribution in [2.75, 3.05) is 13.1 Å². The maximum absolute atomic E-state index is 13.3. The van der Waals surface area contributed by atoms with Crippen LogP contribution in [0.3, 0.4) is 0 Å². The number of carbonyl (C=O) groups is 1. The Labute approximate surface area is 100 Å². The first-order valence-electron chi connectivity index (χ1n) is 5.99. The summed E-state index contributed by atoms with van der Waals surface area (Å²) >= 11 is 0. The molecule has 1 saturated heterocycles. The first kappa shape index (κ1) is 12.0. The summed E-state index contributed by atoms with van der Waals surface area (Å²) in [5.74, 6) is -0.407. The predicted octanol–water partition coefficient (Wildman–Crippen LogP) is 1.24. The third-order valence-electron chi connectivity index (χ3n) is 3.01. The fraction of sp³-hybridized carbons (Fsp3) is 0.462. The topological polar surface area (TPSA) is 41.1 Å². The van der Waals surface area contributed by atoms with Gasteiger partial charge in [0.05, 0.1) is 6.42 Å². The molecule has 2 rings (SSSR count). The van der Waals surface area contributed by atoms with Gasteiger partial charge < -0.3 is 10.6 Å². The van der Waals surface area contributed by atoms with E-state index in [0.717, 1.165) is 25.9 Å². The van der Waals surface area contributed by atoms with Crippen LogP contribution in [0, 0.1) is 5.82 Å². The number of benzene rings is 1. The minimum Gasteiger partial charge on any atom is -0.353 e. The Kier molecular flexibility index (Phi) is 4.09. The zero-order valence-electron chi connectivity index (χ0n) is 9.71. The Hall–Kier alpha value is -1.42. The predicted molar refractivity (Wildman–Crippen MR) is 64.1 cm³/mol. The van der Waals surface area contributed by atoms with Crippen LogP contribution >= 0.6 is 0 Å². The van der Waals surface area contributed by atoms with E-state index in [1.54, 1.807) is 18.2 Å². The van der Waals surface area contributed by atoms with Gasteiger partial charge in [0.15, 0.2) is 0 Å². The van der Waals surface area contributed by atoms with Gasteiger partial charge in [0, 0.05) is 6.04 Å². The normalized spacial score (nSPS) is 16.8. The molecular formula is C13H17FN2O. The Morgan fingerprint density at radius 3 is 2.76 bits per heavy atom. The maximum Gasteiger partial charge on any atom is 0.224 e. The molecule has 0 saturated carbocycles. The van der Waals surface area contributed by atoms with Crippen molar-refractivity contribution in [1.29, 1.82) is 0 Å². The van der Waals surface area contributed by atoms with Crippen LogP contribution in [0.5, 0.6) is 0 Å². The monoisotopic (exact) mass is 236 g/mol. The van der Waals surface area contributed by atoms with Crippen molar-refractivity contribution in [3.8, 4) is 0 Å². The van der Waals surface area contributed by atoms with E-state index in [1.807, 2.05) is 0 Å². The summed E-state index contributed by atoms with van der Waals surface area (Å²) in [6.45, 7) is 1.87. The molecule has 1 aromatic rings. The second-order valence-corrected chi connectivity index (χ2v) is 4.36. The van der Waals surface area contributed by atoms with E-state index in [0.29, 0.717) is 5.56 Å². The van der Waals surface area contributed by atoms with Crippen LogP contribution in [0.4, 0.5) is 4.39 Å². The smallest absolute Gasteiger partial charge is 0.224 e. The number of halogens is 1. The lowest BCUT2D eigenvalue weighted by Gasteiger charge is -2.23. The van der Waals surface area contributed by atoms with Gasteiger partial charge in [-0.05, 0) is 37.6 Å². The molecule has 1 aliphatic heterocycles. The minimum atomic E-state index is -0.312. The van der Waals surface area contributed by atoms with Crippen LogP contribution < -0.4 is 10.6 Å². The SMILES string of the molecule is O=C(Cc1ccccc1F)NC1CCNCC1. The first-order chi connectivity index (χ1) is 8.25. The third-order valence-corrected chi connectivity index (χ3v) is 3.01. The largest absolute Gasteiger partial charge is 0.353 e. The minimum absolute atomic E-state index is 0.0954. The second-order valence-electron chi connectivity index (χ2n) is 4.36. The van der Waals surface area contributed by atoms with Gasteiger partial charge in [0.25, 0.3) is 0 Å². The lowest BCUT2D eigenvalue weighted by molar-refractivity contribution is -0.121. The summed E-state index contributed by atoms with van der Waals surface area (Å²) in [5, 5.41) is 6.18. The molecule has 0 radical (unpaired) electrons.